The molecule has 0 bridgehead atoms. The Morgan fingerprint density at radius 2 is 2.00 bits per heavy atom. The normalized spacial score (nSPS) is 10.2. The van der Waals surface area contributed by atoms with Gasteiger partial charge in [0.15, 0.2) is 0 Å². The Kier molecular flexibility index (Phi) is 5.20. The van der Waals surface area contributed by atoms with Gasteiger partial charge in [-0.15, -0.1) is 0 Å². The molecule has 2 aromatic rings. The second-order valence-electron chi connectivity index (χ2n) is 4.40. The molecule has 0 radical (unpaired) electrons. The van der Waals surface area contributed by atoms with Gasteiger partial charge in [-0.25, -0.2) is 4.79 Å². The molecular formula is C16H15ClO4. The molecule has 0 aliphatic heterocycles. The maximum absolute atomic E-state index is 11.5. The molecule has 0 spiro atoms. The van der Waals surface area contributed by atoms with Gasteiger partial charge in [0.25, 0.3) is 0 Å². The van der Waals surface area contributed by atoms with Gasteiger partial charge in [0.05, 0.1) is 24.3 Å². The highest BCUT2D eigenvalue weighted by Crippen LogP contribution is 2.26. The van der Waals surface area contributed by atoms with Crippen molar-refractivity contribution in [2.45, 2.75) is 13.2 Å². The number of aliphatic hydroxyl groups excluding tert-OH is 1. The Balaban J connectivity index is 2.08. The Bertz CT molecular complexity index is 640. The van der Waals surface area contributed by atoms with Crippen LogP contribution in [-0.4, -0.2) is 18.2 Å². The minimum absolute atomic E-state index is 0.0683. The third-order valence-electron chi connectivity index (χ3n) is 2.92. The molecule has 0 heterocycles. The fourth-order valence-electron chi connectivity index (χ4n) is 1.83. The number of esters is 1. The standard InChI is InChI=1S/C16H15ClO4/c1-20-16(19)13-4-2-3-12(7-13)10-21-15-6-5-11(9-18)8-14(15)17/h2-8,18H,9-10H2,1H3. The van der Waals surface area contributed by atoms with E-state index in [-0.39, 0.29) is 19.2 Å². The van der Waals surface area contributed by atoms with Crippen molar-refractivity contribution in [3.8, 4) is 5.75 Å². The van der Waals surface area contributed by atoms with E-state index in [4.69, 9.17) is 21.4 Å². The minimum atomic E-state index is -0.387. The number of benzene rings is 2. The van der Waals surface area contributed by atoms with Crippen LogP contribution >= 0.6 is 11.6 Å². The number of rotatable bonds is 5. The molecule has 0 amide bonds. The molecule has 0 atom stereocenters. The molecule has 0 fully saturated rings. The van der Waals surface area contributed by atoms with Gasteiger partial charge in [-0.05, 0) is 35.4 Å². The summed E-state index contributed by atoms with van der Waals surface area (Å²) < 4.78 is 10.3. The topological polar surface area (TPSA) is 55.8 Å². The highest BCUT2D eigenvalue weighted by molar-refractivity contribution is 6.32. The molecule has 2 aromatic carbocycles. The van der Waals surface area contributed by atoms with Gasteiger partial charge in [0, 0.05) is 0 Å². The predicted octanol–water partition coefficient (Wildman–Crippen LogP) is 3.20. The second kappa shape index (κ2) is 7.11. The summed E-state index contributed by atoms with van der Waals surface area (Å²) in [7, 11) is 1.34. The number of halogens is 1. The van der Waals surface area contributed by atoms with Crippen LogP contribution < -0.4 is 4.74 Å². The van der Waals surface area contributed by atoms with Crippen LogP contribution in [0.15, 0.2) is 42.5 Å². The first kappa shape index (κ1) is 15.4. The summed E-state index contributed by atoms with van der Waals surface area (Å²) in [5, 5.41) is 9.46. The Labute approximate surface area is 127 Å². The first-order valence-electron chi connectivity index (χ1n) is 6.33. The average molecular weight is 307 g/mol. The van der Waals surface area contributed by atoms with Crippen LogP contribution in [-0.2, 0) is 18.0 Å². The number of ether oxygens (including phenoxy) is 2. The van der Waals surface area contributed by atoms with Gasteiger partial charge in [-0.1, -0.05) is 29.8 Å². The summed E-state index contributed by atoms with van der Waals surface area (Å²) in [6, 6.07) is 12.1. The van der Waals surface area contributed by atoms with Gasteiger partial charge in [0.1, 0.15) is 12.4 Å². The van der Waals surface area contributed by atoms with Crippen molar-refractivity contribution in [1.82, 2.24) is 0 Å². The van der Waals surface area contributed by atoms with Crippen LogP contribution in [0.5, 0.6) is 5.75 Å². The molecule has 0 aromatic heterocycles. The molecule has 0 aliphatic carbocycles. The molecule has 1 N–H and O–H groups in total. The van der Waals surface area contributed by atoms with E-state index < -0.39 is 0 Å². The Morgan fingerprint density at radius 3 is 2.67 bits per heavy atom. The van der Waals surface area contributed by atoms with Gasteiger partial charge in [-0.2, -0.15) is 0 Å². The lowest BCUT2D eigenvalue weighted by atomic mass is 10.1. The van der Waals surface area contributed by atoms with Crippen LogP contribution in [0.3, 0.4) is 0 Å². The van der Waals surface area contributed by atoms with Crippen molar-refractivity contribution in [1.29, 1.82) is 0 Å². The number of aliphatic hydroxyl groups is 1. The highest BCUT2D eigenvalue weighted by Gasteiger charge is 2.07. The molecule has 21 heavy (non-hydrogen) atoms. The quantitative estimate of drug-likeness (QED) is 0.862. The smallest absolute Gasteiger partial charge is 0.337 e. The molecule has 110 valence electrons. The van der Waals surface area contributed by atoms with E-state index >= 15 is 0 Å². The van der Waals surface area contributed by atoms with E-state index in [0.717, 1.165) is 11.1 Å². The molecule has 0 aliphatic rings. The lowest BCUT2D eigenvalue weighted by molar-refractivity contribution is 0.0600. The zero-order valence-corrected chi connectivity index (χ0v) is 12.3. The maximum Gasteiger partial charge on any atom is 0.337 e. The third-order valence-corrected chi connectivity index (χ3v) is 3.22. The summed E-state index contributed by atoms with van der Waals surface area (Å²) in [4.78, 5) is 11.5. The number of hydrogen-bond donors (Lipinski definition) is 1. The predicted molar refractivity (Wildman–Crippen MR) is 79.5 cm³/mol. The molecule has 4 nitrogen and oxygen atoms in total. The lowest BCUT2D eigenvalue weighted by Crippen LogP contribution is -2.03. The summed E-state index contributed by atoms with van der Waals surface area (Å²) in [5.41, 5.74) is 2.03. The average Bonchev–Trinajstić information content (AvgIpc) is 2.53. The van der Waals surface area contributed by atoms with Crippen molar-refractivity contribution < 1.29 is 19.4 Å². The summed E-state index contributed by atoms with van der Waals surface area (Å²) in [5.74, 6) is 0.138. The van der Waals surface area contributed by atoms with Gasteiger partial charge < -0.3 is 14.6 Å². The number of carbonyl (C=O) groups excluding carboxylic acids is 1. The van der Waals surface area contributed by atoms with Crippen LogP contribution in [0.25, 0.3) is 0 Å². The summed E-state index contributed by atoms with van der Waals surface area (Å²) >= 11 is 6.07. The molecule has 0 saturated heterocycles. The van der Waals surface area contributed by atoms with Gasteiger partial charge in [-0.3, -0.25) is 0 Å². The van der Waals surface area contributed by atoms with E-state index in [1.165, 1.54) is 7.11 Å². The van der Waals surface area contributed by atoms with Gasteiger partial charge in [0.2, 0.25) is 0 Å². The first-order chi connectivity index (χ1) is 10.1. The van der Waals surface area contributed by atoms with Crippen LogP contribution in [0.2, 0.25) is 5.02 Å². The summed E-state index contributed by atoms with van der Waals surface area (Å²) in [6.07, 6.45) is 0. The van der Waals surface area contributed by atoms with Crippen molar-refractivity contribution >= 4 is 17.6 Å². The third kappa shape index (κ3) is 3.97. The summed E-state index contributed by atoms with van der Waals surface area (Å²) in [6.45, 7) is 0.213. The zero-order chi connectivity index (χ0) is 15.2. The van der Waals surface area contributed by atoms with Crippen LogP contribution in [0.1, 0.15) is 21.5 Å². The molecule has 0 saturated carbocycles. The van der Waals surface area contributed by atoms with Crippen molar-refractivity contribution in [3.63, 3.8) is 0 Å². The van der Waals surface area contributed by atoms with Crippen molar-refractivity contribution in [2.75, 3.05) is 7.11 Å². The minimum Gasteiger partial charge on any atom is -0.487 e. The van der Waals surface area contributed by atoms with E-state index in [1.54, 1.807) is 36.4 Å². The zero-order valence-electron chi connectivity index (χ0n) is 11.5. The first-order valence-corrected chi connectivity index (χ1v) is 6.71. The lowest BCUT2D eigenvalue weighted by Gasteiger charge is -2.09. The fraction of sp³-hybridized carbons (Fsp3) is 0.188. The maximum atomic E-state index is 11.5. The molecular weight excluding hydrogens is 292 g/mol. The van der Waals surface area contributed by atoms with E-state index in [1.807, 2.05) is 6.07 Å². The van der Waals surface area contributed by atoms with Gasteiger partial charge >= 0.3 is 5.97 Å². The van der Waals surface area contributed by atoms with E-state index in [9.17, 15) is 4.79 Å². The second-order valence-corrected chi connectivity index (χ2v) is 4.81. The fourth-order valence-corrected chi connectivity index (χ4v) is 2.08. The Morgan fingerprint density at radius 1 is 1.19 bits per heavy atom. The number of methoxy groups -OCH3 is 1. The van der Waals surface area contributed by atoms with Crippen molar-refractivity contribution in [3.05, 3.63) is 64.2 Å². The highest BCUT2D eigenvalue weighted by atomic mass is 35.5. The molecule has 5 heteroatoms. The SMILES string of the molecule is COC(=O)c1cccc(COc2ccc(CO)cc2Cl)c1. The Hall–Kier alpha value is -2.04. The molecule has 2 rings (SSSR count). The molecule has 0 unspecified atom stereocenters. The van der Waals surface area contributed by atoms with E-state index in [2.05, 4.69) is 4.74 Å². The largest absolute Gasteiger partial charge is 0.487 e. The number of hydrogen-bond acceptors (Lipinski definition) is 4. The van der Waals surface area contributed by atoms with Crippen LogP contribution in [0, 0.1) is 0 Å². The number of carbonyl (C=O) groups is 1. The monoisotopic (exact) mass is 306 g/mol. The van der Waals surface area contributed by atoms with E-state index in [0.29, 0.717) is 16.3 Å². The van der Waals surface area contributed by atoms with Crippen molar-refractivity contribution in [2.24, 2.45) is 0 Å². The van der Waals surface area contributed by atoms with Crippen LogP contribution in [0.4, 0.5) is 0 Å².